The van der Waals surface area contributed by atoms with Gasteiger partial charge in [0.2, 0.25) is 0 Å². The molecule has 0 atom stereocenters. The van der Waals surface area contributed by atoms with Crippen LogP contribution in [0.4, 0.5) is 4.39 Å². The van der Waals surface area contributed by atoms with Crippen LogP contribution in [0.2, 0.25) is 0 Å². The smallest absolute Gasteiger partial charge is 0.255 e. The normalized spacial score (nSPS) is 15.6. The summed E-state index contributed by atoms with van der Waals surface area (Å²) >= 11 is 0. The van der Waals surface area contributed by atoms with E-state index in [0.29, 0.717) is 31.5 Å². The predicted octanol–water partition coefficient (Wildman–Crippen LogP) is 4.01. The Labute approximate surface area is 147 Å². The molecule has 4 nitrogen and oxygen atoms in total. The van der Waals surface area contributed by atoms with Crippen molar-refractivity contribution in [1.82, 2.24) is 9.88 Å². The van der Waals surface area contributed by atoms with Crippen molar-refractivity contribution in [3.05, 3.63) is 59.2 Å². The van der Waals surface area contributed by atoms with E-state index < -0.39 is 0 Å². The quantitative estimate of drug-likeness (QED) is 0.854. The molecule has 0 radical (unpaired) electrons. The highest BCUT2D eigenvalue weighted by atomic mass is 19.1. The number of carbonyl (C=O) groups is 2. The number of piperidine rings is 1. The molecule has 132 valence electrons. The van der Waals surface area contributed by atoms with Gasteiger partial charge in [0.05, 0.1) is 5.56 Å². The van der Waals surface area contributed by atoms with Crippen molar-refractivity contribution >= 4 is 11.7 Å². The Morgan fingerprint density at radius 3 is 2.36 bits per heavy atom. The molecule has 0 spiro atoms. The van der Waals surface area contributed by atoms with E-state index >= 15 is 0 Å². The lowest BCUT2D eigenvalue weighted by atomic mass is 9.88. The topological polar surface area (TPSA) is 53.2 Å². The summed E-state index contributed by atoms with van der Waals surface area (Å²) in [5, 5.41) is 0. The number of aromatic nitrogens is 1. The molecule has 1 amide bonds. The standard InChI is InChI=1S/C20H23FN2O2/c1-13(2)18-17(7-10-22-18)20(25)23-11-8-15(9-12-23)19(24)14-3-5-16(21)6-4-14/h3-7,10,13,15,22H,8-9,11-12H2,1-2H3. The van der Waals surface area contributed by atoms with Crippen molar-refractivity contribution in [2.45, 2.75) is 32.6 Å². The van der Waals surface area contributed by atoms with E-state index in [1.807, 2.05) is 11.0 Å². The third kappa shape index (κ3) is 3.65. The second-order valence-electron chi connectivity index (χ2n) is 6.90. The number of hydrogen-bond donors (Lipinski definition) is 1. The second kappa shape index (κ2) is 7.21. The third-order valence-corrected chi connectivity index (χ3v) is 4.87. The van der Waals surface area contributed by atoms with Crippen LogP contribution in [0.25, 0.3) is 0 Å². The molecule has 1 N–H and O–H groups in total. The highest BCUT2D eigenvalue weighted by molar-refractivity contribution is 5.98. The predicted molar refractivity (Wildman–Crippen MR) is 94.2 cm³/mol. The van der Waals surface area contributed by atoms with Gasteiger partial charge in [-0.2, -0.15) is 0 Å². The van der Waals surface area contributed by atoms with Crippen LogP contribution in [-0.2, 0) is 0 Å². The van der Waals surface area contributed by atoms with Crippen molar-refractivity contribution in [2.75, 3.05) is 13.1 Å². The number of ketones is 1. The fourth-order valence-electron chi connectivity index (χ4n) is 3.41. The van der Waals surface area contributed by atoms with Gasteiger partial charge in [-0.3, -0.25) is 9.59 Å². The molecule has 5 heteroatoms. The zero-order chi connectivity index (χ0) is 18.0. The minimum absolute atomic E-state index is 0.0256. The SMILES string of the molecule is CC(C)c1[nH]ccc1C(=O)N1CCC(C(=O)c2ccc(F)cc2)CC1. The van der Waals surface area contributed by atoms with Gasteiger partial charge in [0.25, 0.3) is 5.91 Å². The maximum atomic E-state index is 13.0. The molecule has 3 rings (SSSR count). The van der Waals surface area contributed by atoms with E-state index in [1.165, 1.54) is 24.3 Å². The number of amides is 1. The molecule has 0 aliphatic carbocycles. The lowest BCUT2D eigenvalue weighted by Gasteiger charge is -2.31. The van der Waals surface area contributed by atoms with Gasteiger partial charge in [0, 0.05) is 36.5 Å². The Bertz CT molecular complexity index is 756. The number of rotatable bonds is 4. The third-order valence-electron chi connectivity index (χ3n) is 4.87. The second-order valence-corrected chi connectivity index (χ2v) is 6.90. The van der Waals surface area contributed by atoms with Crippen LogP contribution >= 0.6 is 0 Å². The number of aromatic amines is 1. The largest absolute Gasteiger partial charge is 0.364 e. The van der Waals surface area contributed by atoms with Gasteiger partial charge in [-0.15, -0.1) is 0 Å². The number of hydrogen-bond acceptors (Lipinski definition) is 2. The first-order valence-corrected chi connectivity index (χ1v) is 8.73. The van der Waals surface area contributed by atoms with Gasteiger partial charge < -0.3 is 9.88 Å². The minimum Gasteiger partial charge on any atom is -0.364 e. The van der Waals surface area contributed by atoms with Gasteiger partial charge in [0.15, 0.2) is 5.78 Å². The molecule has 2 heterocycles. The van der Waals surface area contributed by atoms with Crippen LogP contribution in [-0.4, -0.2) is 34.7 Å². The number of Topliss-reactive ketones (excluding diaryl/α,β-unsaturated/α-hetero) is 1. The van der Waals surface area contributed by atoms with Gasteiger partial charge in [0.1, 0.15) is 5.82 Å². The Balaban J connectivity index is 1.63. The van der Waals surface area contributed by atoms with Crippen molar-refractivity contribution in [3.63, 3.8) is 0 Å². The summed E-state index contributed by atoms with van der Waals surface area (Å²) in [6, 6.07) is 7.51. The van der Waals surface area contributed by atoms with E-state index in [2.05, 4.69) is 18.8 Å². The molecule has 25 heavy (non-hydrogen) atoms. The summed E-state index contributed by atoms with van der Waals surface area (Å²) in [7, 11) is 0. The molecular weight excluding hydrogens is 319 g/mol. The number of nitrogens with one attached hydrogen (secondary N) is 1. The molecule has 1 aliphatic rings. The molecule has 1 aromatic heterocycles. The first-order valence-electron chi connectivity index (χ1n) is 8.73. The summed E-state index contributed by atoms with van der Waals surface area (Å²) in [4.78, 5) is 30.2. The van der Waals surface area contributed by atoms with Gasteiger partial charge in [-0.25, -0.2) is 4.39 Å². The van der Waals surface area contributed by atoms with E-state index in [4.69, 9.17) is 0 Å². The Kier molecular flexibility index (Phi) is 5.02. The molecule has 1 saturated heterocycles. The zero-order valence-corrected chi connectivity index (χ0v) is 14.6. The molecule has 0 unspecified atom stereocenters. The molecule has 0 saturated carbocycles. The van der Waals surface area contributed by atoms with Crippen molar-refractivity contribution in [2.24, 2.45) is 5.92 Å². The van der Waals surface area contributed by atoms with Crippen molar-refractivity contribution in [3.8, 4) is 0 Å². The van der Waals surface area contributed by atoms with E-state index in [-0.39, 0.29) is 29.3 Å². The minimum atomic E-state index is -0.343. The summed E-state index contributed by atoms with van der Waals surface area (Å²) in [6.07, 6.45) is 3.08. The monoisotopic (exact) mass is 342 g/mol. The number of H-pyrrole nitrogens is 1. The molecular formula is C20H23FN2O2. The number of halogens is 1. The Hall–Kier alpha value is -2.43. The van der Waals surface area contributed by atoms with E-state index in [1.54, 1.807) is 6.20 Å². The zero-order valence-electron chi connectivity index (χ0n) is 14.6. The molecule has 1 aromatic carbocycles. The van der Waals surface area contributed by atoms with E-state index in [9.17, 15) is 14.0 Å². The fraction of sp³-hybridized carbons (Fsp3) is 0.400. The average molecular weight is 342 g/mol. The summed E-state index contributed by atoms with van der Waals surface area (Å²) in [5.74, 6) is -0.129. The first-order chi connectivity index (χ1) is 12.0. The van der Waals surface area contributed by atoms with E-state index in [0.717, 1.165) is 11.3 Å². The fourth-order valence-corrected chi connectivity index (χ4v) is 3.41. The molecule has 1 aliphatic heterocycles. The van der Waals surface area contributed by atoms with Gasteiger partial charge in [-0.1, -0.05) is 13.8 Å². The summed E-state index contributed by atoms with van der Waals surface area (Å²) < 4.78 is 13.0. The lowest BCUT2D eigenvalue weighted by molar-refractivity contribution is 0.0649. The first kappa shape index (κ1) is 17.4. The number of carbonyl (C=O) groups excluding carboxylic acids is 2. The Morgan fingerprint density at radius 2 is 1.76 bits per heavy atom. The number of likely N-dealkylation sites (tertiary alicyclic amines) is 1. The van der Waals surface area contributed by atoms with Crippen LogP contribution < -0.4 is 0 Å². The molecule has 2 aromatic rings. The van der Waals surface area contributed by atoms with Gasteiger partial charge >= 0.3 is 0 Å². The van der Waals surface area contributed by atoms with Crippen LogP contribution in [0, 0.1) is 11.7 Å². The summed E-state index contributed by atoms with van der Waals surface area (Å²) in [5.41, 5.74) is 2.21. The molecule has 0 bridgehead atoms. The molecule has 1 fully saturated rings. The number of benzene rings is 1. The van der Waals surface area contributed by atoms with Gasteiger partial charge in [-0.05, 0) is 49.1 Å². The highest BCUT2D eigenvalue weighted by Crippen LogP contribution is 2.25. The summed E-state index contributed by atoms with van der Waals surface area (Å²) in [6.45, 7) is 5.24. The lowest BCUT2D eigenvalue weighted by Crippen LogP contribution is -2.40. The van der Waals surface area contributed by atoms with Crippen molar-refractivity contribution < 1.29 is 14.0 Å². The van der Waals surface area contributed by atoms with Crippen LogP contribution in [0.3, 0.4) is 0 Å². The van der Waals surface area contributed by atoms with Crippen LogP contribution in [0.5, 0.6) is 0 Å². The van der Waals surface area contributed by atoms with Crippen molar-refractivity contribution in [1.29, 1.82) is 0 Å². The Morgan fingerprint density at radius 1 is 1.12 bits per heavy atom. The maximum Gasteiger partial charge on any atom is 0.255 e. The van der Waals surface area contributed by atoms with Crippen LogP contribution in [0.1, 0.15) is 59.0 Å². The van der Waals surface area contributed by atoms with Crippen LogP contribution in [0.15, 0.2) is 36.5 Å². The average Bonchev–Trinajstić information content (AvgIpc) is 3.11. The maximum absolute atomic E-state index is 13.0. The highest BCUT2D eigenvalue weighted by Gasteiger charge is 2.29. The number of nitrogens with zero attached hydrogens (tertiary/aromatic N) is 1.